The summed E-state index contributed by atoms with van der Waals surface area (Å²) in [5.74, 6) is 0. The highest BCUT2D eigenvalue weighted by Crippen LogP contribution is 2.46. The minimum absolute atomic E-state index is 1.13. The highest BCUT2D eigenvalue weighted by Gasteiger charge is 2.26. The number of benzene rings is 7. The van der Waals surface area contributed by atoms with E-state index in [1.807, 2.05) is 0 Å². The predicted molar refractivity (Wildman–Crippen MR) is 182 cm³/mol. The van der Waals surface area contributed by atoms with E-state index in [4.69, 9.17) is 0 Å². The molecule has 3 heteroatoms. The molecule has 3 nitrogen and oxygen atoms in total. The number of rotatable bonds is 3. The molecule has 0 radical (unpaired) electrons. The zero-order valence-corrected chi connectivity index (χ0v) is 23.3. The summed E-state index contributed by atoms with van der Waals surface area (Å²) < 4.78 is 4.94. The summed E-state index contributed by atoms with van der Waals surface area (Å²) in [4.78, 5) is 2.42. The topological polar surface area (TPSA) is 12.1 Å². The van der Waals surface area contributed by atoms with Gasteiger partial charge in [-0.3, -0.25) is 8.80 Å². The van der Waals surface area contributed by atoms with Crippen LogP contribution in [0.1, 0.15) is 0 Å². The van der Waals surface area contributed by atoms with Gasteiger partial charge in [0.05, 0.1) is 27.8 Å². The number of hydrogen-bond donors (Lipinski definition) is 0. The second kappa shape index (κ2) is 8.37. The molecule has 0 N–H and O–H groups in total. The van der Waals surface area contributed by atoms with E-state index >= 15 is 0 Å². The molecule has 10 rings (SSSR count). The van der Waals surface area contributed by atoms with Crippen molar-refractivity contribution in [3.63, 3.8) is 0 Å². The summed E-state index contributed by atoms with van der Waals surface area (Å²) in [5.41, 5.74) is 9.54. The summed E-state index contributed by atoms with van der Waals surface area (Å²) in [6, 6.07) is 55.1. The minimum Gasteiger partial charge on any atom is -0.308 e. The van der Waals surface area contributed by atoms with Crippen molar-refractivity contribution in [3.8, 4) is 0 Å². The van der Waals surface area contributed by atoms with Crippen LogP contribution in [0.15, 0.2) is 152 Å². The molecule has 10 aromatic rings. The van der Waals surface area contributed by atoms with Gasteiger partial charge in [0.1, 0.15) is 5.65 Å². The number of para-hydroxylation sites is 4. The summed E-state index contributed by atoms with van der Waals surface area (Å²) in [5, 5.41) is 8.95. The second-order valence-corrected chi connectivity index (χ2v) is 11.4. The molecule has 0 saturated heterocycles. The van der Waals surface area contributed by atoms with Crippen LogP contribution < -0.4 is 4.90 Å². The van der Waals surface area contributed by atoms with Gasteiger partial charge in [-0.25, -0.2) is 0 Å². The predicted octanol–water partition coefficient (Wildman–Crippen LogP) is 10.9. The molecule has 0 fully saturated rings. The molecular formula is C40H25N3. The molecule has 3 aromatic heterocycles. The van der Waals surface area contributed by atoms with Crippen LogP contribution >= 0.6 is 0 Å². The molecular weight excluding hydrogens is 522 g/mol. The lowest BCUT2D eigenvalue weighted by Gasteiger charge is -2.26. The SMILES string of the molecule is c1ccc(N(c2ccc3c(ccc4ccccc43)c2)c2cccc3c2n2c4ccccc4c4c5ccccc5n3c42)cc1. The largest absolute Gasteiger partial charge is 0.308 e. The molecule has 0 aliphatic heterocycles. The molecule has 0 aliphatic rings. The van der Waals surface area contributed by atoms with E-state index in [0.717, 1.165) is 17.1 Å². The molecule has 0 bridgehead atoms. The number of hydrogen-bond acceptors (Lipinski definition) is 1. The van der Waals surface area contributed by atoms with Crippen LogP contribution in [0.5, 0.6) is 0 Å². The number of nitrogens with zero attached hydrogens (tertiary/aromatic N) is 3. The Labute approximate surface area is 247 Å². The van der Waals surface area contributed by atoms with Gasteiger partial charge in [-0.15, -0.1) is 0 Å². The standard InChI is InChI=1S/C40H25N3/c1-2-12-28(13-3-1)41(29-23-24-31-27(25-29)22-21-26-11-4-5-14-30(26)31)36-19-10-20-37-39(36)43-35-18-9-7-16-33(35)38-32-15-6-8-17-34(32)42(37)40(38)43/h1-25H. The Morgan fingerprint density at radius 3 is 1.84 bits per heavy atom. The lowest BCUT2D eigenvalue weighted by molar-refractivity contribution is 1.26. The van der Waals surface area contributed by atoms with Crippen molar-refractivity contribution in [3.05, 3.63) is 152 Å². The third-order valence-corrected chi connectivity index (χ3v) is 9.18. The Hall–Kier alpha value is -5.80. The number of imidazole rings is 1. The molecule has 0 amide bonds. The first-order valence-electron chi connectivity index (χ1n) is 14.8. The van der Waals surface area contributed by atoms with Gasteiger partial charge in [0.15, 0.2) is 0 Å². The van der Waals surface area contributed by atoms with Crippen molar-refractivity contribution in [2.24, 2.45) is 0 Å². The van der Waals surface area contributed by atoms with Gasteiger partial charge in [0, 0.05) is 27.5 Å². The lowest BCUT2D eigenvalue weighted by atomic mass is 10.0. The van der Waals surface area contributed by atoms with E-state index in [2.05, 4.69) is 165 Å². The van der Waals surface area contributed by atoms with Crippen LogP contribution in [0, 0.1) is 0 Å². The normalized spacial score (nSPS) is 12.2. The van der Waals surface area contributed by atoms with Gasteiger partial charge in [0.2, 0.25) is 0 Å². The molecule has 3 heterocycles. The van der Waals surface area contributed by atoms with Gasteiger partial charge in [-0.05, 0) is 70.1 Å². The fourth-order valence-corrected chi connectivity index (χ4v) is 7.42. The van der Waals surface area contributed by atoms with Crippen molar-refractivity contribution >= 4 is 82.5 Å². The summed E-state index contributed by atoms with van der Waals surface area (Å²) >= 11 is 0. The van der Waals surface area contributed by atoms with Gasteiger partial charge >= 0.3 is 0 Å². The lowest BCUT2D eigenvalue weighted by Crippen LogP contribution is -2.11. The molecule has 0 spiro atoms. The first-order valence-corrected chi connectivity index (χ1v) is 14.8. The fraction of sp³-hybridized carbons (Fsp3) is 0. The maximum Gasteiger partial charge on any atom is 0.131 e. The van der Waals surface area contributed by atoms with Crippen LogP contribution in [0.25, 0.3) is 65.4 Å². The molecule has 0 atom stereocenters. The molecule has 0 unspecified atom stereocenters. The monoisotopic (exact) mass is 547 g/mol. The van der Waals surface area contributed by atoms with E-state index in [-0.39, 0.29) is 0 Å². The van der Waals surface area contributed by atoms with Crippen molar-refractivity contribution in [1.82, 2.24) is 8.80 Å². The van der Waals surface area contributed by atoms with Crippen LogP contribution in [0.3, 0.4) is 0 Å². The highest BCUT2D eigenvalue weighted by atomic mass is 15.2. The van der Waals surface area contributed by atoms with Gasteiger partial charge in [-0.1, -0.05) is 103 Å². The zero-order valence-electron chi connectivity index (χ0n) is 23.3. The van der Waals surface area contributed by atoms with Crippen LogP contribution in [0.2, 0.25) is 0 Å². The van der Waals surface area contributed by atoms with Crippen LogP contribution in [0.4, 0.5) is 17.1 Å². The molecule has 7 aromatic carbocycles. The minimum atomic E-state index is 1.13. The first-order chi connectivity index (χ1) is 21.4. The maximum atomic E-state index is 2.49. The molecule has 200 valence electrons. The Bertz CT molecular complexity index is 2670. The third-order valence-electron chi connectivity index (χ3n) is 9.18. The van der Waals surface area contributed by atoms with Gasteiger partial charge in [-0.2, -0.15) is 0 Å². The van der Waals surface area contributed by atoms with E-state index in [0.29, 0.717) is 0 Å². The van der Waals surface area contributed by atoms with Crippen molar-refractivity contribution in [2.45, 2.75) is 0 Å². The average Bonchev–Trinajstić information content (AvgIpc) is 3.70. The Kier molecular flexibility index (Phi) is 4.45. The van der Waals surface area contributed by atoms with Gasteiger partial charge < -0.3 is 4.90 Å². The molecule has 0 aliphatic carbocycles. The highest BCUT2D eigenvalue weighted by molar-refractivity contribution is 6.25. The third kappa shape index (κ3) is 2.98. The Balaban J connectivity index is 1.34. The molecule has 0 saturated carbocycles. The zero-order chi connectivity index (χ0) is 28.1. The summed E-state index contributed by atoms with van der Waals surface area (Å²) in [7, 11) is 0. The van der Waals surface area contributed by atoms with Crippen LogP contribution in [-0.2, 0) is 0 Å². The van der Waals surface area contributed by atoms with E-state index in [9.17, 15) is 0 Å². The maximum absolute atomic E-state index is 2.49. The quantitative estimate of drug-likeness (QED) is 0.200. The van der Waals surface area contributed by atoms with Crippen LogP contribution in [-0.4, -0.2) is 8.80 Å². The first kappa shape index (κ1) is 22.8. The number of anilines is 3. The van der Waals surface area contributed by atoms with Crippen molar-refractivity contribution in [1.29, 1.82) is 0 Å². The van der Waals surface area contributed by atoms with E-state index in [1.165, 1.54) is 65.4 Å². The van der Waals surface area contributed by atoms with Gasteiger partial charge in [0.25, 0.3) is 0 Å². The Morgan fingerprint density at radius 1 is 0.395 bits per heavy atom. The smallest absolute Gasteiger partial charge is 0.131 e. The van der Waals surface area contributed by atoms with Crippen molar-refractivity contribution < 1.29 is 0 Å². The Morgan fingerprint density at radius 2 is 1.02 bits per heavy atom. The van der Waals surface area contributed by atoms with E-state index < -0.39 is 0 Å². The molecule has 43 heavy (non-hydrogen) atoms. The summed E-state index contributed by atoms with van der Waals surface area (Å²) in [6.45, 7) is 0. The van der Waals surface area contributed by atoms with E-state index in [1.54, 1.807) is 0 Å². The fourth-order valence-electron chi connectivity index (χ4n) is 7.42. The summed E-state index contributed by atoms with van der Waals surface area (Å²) in [6.07, 6.45) is 0. The number of fused-ring (bicyclic) bond motifs is 12. The van der Waals surface area contributed by atoms with Crippen molar-refractivity contribution in [2.75, 3.05) is 4.90 Å². The number of aromatic nitrogens is 2. The second-order valence-electron chi connectivity index (χ2n) is 11.4. The average molecular weight is 548 g/mol.